The fourth-order valence-corrected chi connectivity index (χ4v) is 4.87. The first-order valence-corrected chi connectivity index (χ1v) is 11.9. The van der Waals surface area contributed by atoms with Crippen LogP contribution in [0.2, 0.25) is 5.02 Å². The highest BCUT2D eigenvalue weighted by atomic mass is 35.5. The number of amides is 1. The van der Waals surface area contributed by atoms with Gasteiger partial charge in [0.15, 0.2) is 0 Å². The molecule has 0 radical (unpaired) electrons. The molecule has 3 aromatic rings. The van der Waals surface area contributed by atoms with E-state index in [4.69, 9.17) is 16.3 Å². The van der Waals surface area contributed by atoms with Crippen LogP contribution in [0.15, 0.2) is 59.5 Å². The molecule has 1 atom stereocenters. The van der Waals surface area contributed by atoms with Crippen LogP contribution in [0.3, 0.4) is 0 Å². The average Bonchev–Trinajstić information content (AvgIpc) is 3.41. The van der Waals surface area contributed by atoms with E-state index in [1.807, 2.05) is 38.3 Å². The molecular weight excluding hydrogens is 458 g/mol. The molecule has 170 valence electrons. The Kier molecular flexibility index (Phi) is 6.58. The van der Waals surface area contributed by atoms with Gasteiger partial charge in [-0.05, 0) is 73.2 Å². The van der Waals surface area contributed by atoms with Crippen molar-refractivity contribution in [1.29, 1.82) is 0 Å². The zero-order valence-electron chi connectivity index (χ0n) is 18.6. The summed E-state index contributed by atoms with van der Waals surface area (Å²) in [5, 5.41) is 13.6. The molecule has 2 heterocycles. The van der Waals surface area contributed by atoms with Gasteiger partial charge in [0.05, 0.1) is 12.2 Å². The molecule has 33 heavy (non-hydrogen) atoms. The van der Waals surface area contributed by atoms with Gasteiger partial charge >= 0.3 is 0 Å². The van der Waals surface area contributed by atoms with Crippen molar-refractivity contribution in [1.82, 2.24) is 0 Å². The standard InChI is InChI=1S/C26H24ClNO4S/c1-4-11-32-20-10-8-17(13-16(20)3)24(29)22-23(21-6-5-12-33-21)28(26(31)25(22)30)18-9-7-15(2)19(27)14-18/h5-10,12-14,23,29H,4,11H2,1-3H3/b24-22-. The smallest absolute Gasteiger partial charge is 0.300 e. The van der Waals surface area contributed by atoms with Gasteiger partial charge in [-0.3, -0.25) is 14.5 Å². The molecule has 1 amide bonds. The van der Waals surface area contributed by atoms with Crippen molar-refractivity contribution in [2.24, 2.45) is 0 Å². The summed E-state index contributed by atoms with van der Waals surface area (Å²) >= 11 is 7.74. The van der Waals surface area contributed by atoms with E-state index in [1.165, 1.54) is 16.2 Å². The summed E-state index contributed by atoms with van der Waals surface area (Å²) in [4.78, 5) is 28.5. The predicted molar refractivity (Wildman–Crippen MR) is 132 cm³/mol. The van der Waals surface area contributed by atoms with Crippen LogP contribution in [-0.2, 0) is 9.59 Å². The molecule has 1 N–H and O–H groups in total. The van der Waals surface area contributed by atoms with Crippen molar-refractivity contribution in [2.75, 3.05) is 11.5 Å². The van der Waals surface area contributed by atoms with Crippen molar-refractivity contribution < 1.29 is 19.4 Å². The van der Waals surface area contributed by atoms with Gasteiger partial charge in [-0.2, -0.15) is 0 Å². The maximum absolute atomic E-state index is 13.2. The van der Waals surface area contributed by atoms with Gasteiger partial charge in [0.1, 0.15) is 17.6 Å². The number of ketones is 1. The van der Waals surface area contributed by atoms with E-state index >= 15 is 0 Å². The van der Waals surface area contributed by atoms with Crippen LogP contribution in [0.5, 0.6) is 5.75 Å². The lowest BCUT2D eigenvalue weighted by atomic mass is 9.98. The number of halogens is 1. The topological polar surface area (TPSA) is 66.8 Å². The Labute approximate surface area is 201 Å². The van der Waals surface area contributed by atoms with Crippen LogP contribution in [0, 0.1) is 13.8 Å². The Morgan fingerprint density at radius 2 is 1.91 bits per heavy atom. The fraction of sp³-hybridized carbons (Fsp3) is 0.231. The predicted octanol–water partition coefficient (Wildman–Crippen LogP) is 6.43. The monoisotopic (exact) mass is 481 g/mol. The molecule has 0 spiro atoms. The molecule has 0 saturated carbocycles. The minimum atomic E-state index is -0.750. The third kappa shape index (κ3) is 4.28. The van der Waals surface area contributed by atoms with Crippen LogP contribution >= 0.6 is 22.9 Å². The molecule has 4 rings (SSSR count). The number of Topliss-reactive ketones (excluding diaryl/α,β-unsaturated/α-hetero) is 1. The number of aliphatic hydroxyl groups excluding tert-OH is 1. The van der Waals surface area contributed by atoms with Gasteiger partial charge in [-0.25, -0.2) is 0 Å². The molecular formula is C26H24ClNO4S. The molecule has 1 aliphatic rings. The van der Waals surface area contributed by atoms with Gasteiger partial charge in [0.25, 0.3) is 11.7 Å². The van der Waals surface area contributed by atoms with E-state index in [-0.39, 0.29) is 11.3 Å². The zero-order valence-corrected chi connectivity index (χ0v) is 20.2. The quantitative estimate of drug-likeness (QED) is 0.250. The van der Waals surface area contributed by atoms with Crippen molar-refractivity contribution in [2.45, 2.75) is 33.2 Å². The van der Waals surface area contributed by atoms with Crippen molar-refractivity contribution in [3.8, 4) is 5.75 Å². The van der Waals surface area contributed by atoms with E-state index in [0.717, 1.165) is 28.2 Å². The van der Waals surface area contributed by atoms with Crippen LogP contribution in [0.4, 0.5) is 5.69 Å². The maximum Gasteiger partial charge on any atom is 0.300 e. The first-order chi connectivity index (χ1) is 15.8. The summed E-state index contributed by atoms with van der Waals surface area (Å²) < 4.78 is 5.72. The molecule has 1 unspecified atom stereocenters. The Bertz CT molecular complexity index is 1250. The van der Waals surface area contributed by atoms with Crippen LogP contribution in [0.25, 0.3) is 5.76 Å². The summed E-state index contributed by atoms with van der Waals surface area (Å²) in [5.41, 5.74) is 2.72. The van der Waals surface area contributed by atoms with E-state index < -0.39 is 17.7 Å². The van der Waals surface area contributed by atoms with Crippen LogP contribution in [-0.4, -0.2) is 23.4 Å². The highest BCUT2D eigenvalue weighted by molar-refractivity contribution is 7.10. The number of hydrogen-bond acceptors (Lipinski definition) is 5. The zero-order chi connectivity index (χ0) is 23.7. The molecule has 0 aliphatic carbocycles. The third-order valence-electron chi connectivity index (χ3n) is 5.60. The summed E-state index contributed by atoms with van der Waals surface area (Å²) in [6.07, 6.45) is 0.883. The minimum absolute atomic E-state index is 0.0563. The number of anilines is 1. The number of aryl methyl sites for hydroxylation is 2. The number of carbonyl (C=O) groups is 2. The molecule has 1 fully saturated rings. The van der Waals surface area contributed by atoms with Gasteiger partial charge in [-0.15, -0.1) is 11.3 Å². The number of carbonyl (C=O) groups excluding carboxylic acids is 2. The van der Waals surface area contributed by atoms with Gasteiger partial charge in [0.2, 0.25) is 0 Å². The highest BCUT2D eigenvalue weighted by Crippen LogP contribution is 2.44. The van der Waals surface area contributed by atoms with E-state index in [2.05, 4.69) is 0 Å². The number of thiophene rings is 1. The minimum Gasteiger partial charge on any atom is -0.507 e. The average molecular weight is 482 g/mol. The second kappa shape index (κ2) is 9.41. The fourth-order valence-electron chi connectivity index (χ4n) is 3.87. The maximum atomic E-state index is 13.2. The number of aliphatic hydroxyl groups is 1. The number of nitrogens with zero attached hydrogens (tertiary/aromatic N) is 1. The molecule has 1 saturated heterocycles. The van der Waals surface area contributed by atoms with Crippen molar-refractivity contribution in [3.63, 3.8) is 0 Å². The lowest BCUT2D eigenvalue weighted by Gasteiger charge is -2.24. The first-order valence-electron chi connectivity index (χ1n) is 10.7. The molecule has 7 heteroatoms. The number of benzene rings is 2. The third-order valence-corrected chi connectivity index (χ3v) is 6.93. The lowest BCUT2D eigenvalue weighted by Crippen LogP contribution is -2.29. The summed E-state index contributed by atoms with van der Waals surface area (Å²) in [7, 11) is 0. The van der Waals surface area contributed by atoms with Crippen molar-refractivity contribution in [3.05, 3.63) is 86.1 Å². The molecule has 2 aromatic carbocycles. The van der Waals surface area contributed by atoms with Crippen molar-refractivity contribution >= 4 is 46.1 Å². The van der Waals surface area contributed by atoms with E-state index in [9.17, 15) is 14.7 Å². The second-order valence-corrected chi connectivity index (χ2v) is 9.33. The lowest BCUT2D eigenvalue weighted by molar-refractivity contribution is -0.132. The van der Waals surface area contributed by atoms with Gasteiger partial charge in [-0.1, -0.05) is 30.7 Å². The first kappa shape index (κ1) is 23.1. The molecule has 0 bridgehead atoms. The summed E-state index contributed by atoms with van der Waals surface area (Å²) in [5.74, 6) is -0.920. The van der Waals surface area contributed by atoms with Crippen LogP contribution < -0.4 is 9.64 Å². The number of rotatable bonds is 6. The summed E-state index contributed by atoms with van der Waals surface area (Å²) in [6.45, 7) is 6.37. The Hall–Kier alpha value is -3.09. The largest absolute Gasteiger partial charge is 0.507 e. The molecule has 5 nitrogen and oxygen atoms in total. The van der Waals surface area contributed by atoms with Crippen LogP contribution in [0.1, 0.15) is 41.0 Å². The highest BCUT2D eigenvalue weighted by Gasteiger charge is 2.47. The SMILES string of the molecule is CCCOc1ccc(/C(O)=C2/C(=O)C(=O)N(c3ccc(C)c(Cl)c3)C2c2cccs2)cc1C. The normalized spacial score (nSPS) is 17.6. The Balaban J connectivity index is 1.85. The second-order valence-electron chi connectivity index (χ2n) is 7.95. The molecule has 1 aromatic heterocycles. The Morgan fingerprint density at radius 3 is 2.55 bits per heavy atom. The molecule has 1 aliphatic heterocycles. The van der Waals surface area contributed by atoms with E-state index in [0.29, 0.717) is 22.9 Å². The van der Waals surface area contributed by atoms with Gasteiger partial charge in [0, 0.05) is 21.2 Å². The Morgan fingerprint density at radius 1 is 1.12 bits per heavy atom. The summed E-state index contributed by atoms with van der Waals surface area (Å²) in [6, 6.07) is 13.4. The number of hydrogen-bond donors (Lipinski definition) is 1. The number of ether oxygens (including phenoxy) is 1. The van der Waals surface area contributed by atoms with E-state index in [1.54, 1.807) is 36.4 Å². The van der Waals surface area contributed by atoms with Gasteiger partial charge < -0.3 is 9.84 Å².